The smallest absolute Gasteiger partial charge is 0.256 e. The molecule has 84 valence electrons. The first kappa shape index (κ1) is 11.7. The fourth-order valence-electron chi connectivity index (χ4n) is 1.23. The van der Waals surface area contributed by atoms with E-state index in [1.165, 1.54) is 6.20 Å². The van der Waals surface area contributed by atoms with Crippen molar-refractivity contribution >= 4 is 5.91 Å². The predicted octanol–water partition coefficient (Wildman–Crippen LogP) is 0.875. The third kappa shape index (κ3) is 3.71. The predicted molar refractivity (Wildman–Crippen MR) is 54.5 cm³/mol. The molecule has 1 rings (SSSR count). The molecule has 5 heteroatoms. The summed E-state index contributed by atoms with van der Waals surface area (Å²) in [6.07, 6.45) is 3.98. The number of hydrogen-bond donors (Lipinski definition) is 2. The van der Waals surface area contributed by atoms with Gasteiger partial charge >= 0.3 is 0 Å². The Labute approximate surface area is 88.5 Å². The first-order valence-corrected chi connectivity index (χ1v) is 5.06. The number of hydrogen-bond acceptors (Lipinski definition) is 4. The van der Waals surface area contributed by atoms with E-state index in [2.05, 4.69) is 10.5 Å². The van der Waals surface area contributed by atoms with E-state index in [1.54, 1.807) is 6.92 Å². The van der Waals surface area contributed by atoms with Crippen LogP contribution in [0.5, 0.6) is 0 Å². The molecule has 0 saturated carbocycles. The van der Waals surface area contributed by atoms with Crippen molar-refractivity contribution in [2.75, 3.05) is 13.2 Å². The summed E-state index contributed by atoms with van der Waals surface area (Å²) in [5, 5.41) is 14.8. The van der Waals surface area contributed by atoms with Crippen LogP contribution in [0.2, 0.25) is 0 Å². The van der Waals surface area contributed by atoms with Gasteiger partial charge in [0.15, 0.2) is 0 Å². The van der Waals surface area contributed by atoms with Crippen LogP contribution in [0.4, 0.5) is 0 Å². The SMILES string of the molecule is Cc1oncc1C(=O)NCCCCCO. The van der Waals surface area contributed by atoms with E-state index in [9.17, 15) is 4.79 Å². The number of carbonyl (C=O) groups excluding carboxylic acids is 1. The molecule has 0 unspecified atom stereocenters. The minimum absolute atomic E-state index is 0.155. The van der Waals surface area contributed by atoms with Crippen molar-refractivity contribution in [2.45, 2.75) is 26.2 Å². The molecule has 0 aliphatic heterocycles. The Balaban J connectivity index is 2.22. The molecule has 5 nitrogen and oxygen atoms in total. The average molecular weight is 212 g/mol. The highest BCUT2D eigenvalue weighted by Gasteiger charge is 2.11. The number of amides is 1. The molecule has 0 atom stereocenters. The topological polar surface area (TPSA) is 75.4 Å². The van der Waals surface area contributed by atoms with Gasteiger partial charge in [0, 0.05) is 13.2 Å². The molecule has 0 fully saturated rings. The van der Waals surface area contributed by atoms with Crippen molar-refractivity contribution in [3.63, 3.8) is 0 Å². The normalized spacial score (nSPS) is 10.3. The van der Waals surface area contributed by atoms with Gasteiger partial charge in [-0.15, -0.1) is 0 Å². The number of aliphatic hydroxyl groups is 1. The van der Waals surface area contributed by atoms with E-state index in [4.69, 9.17) is 9.63 Å². The summed E-state index contributed by atoms with van der Waals surface area (Å²) >= 11 is 0. The number of nitrogens with one attached hydrogen (secondary N) is 1. The molecule has 0 spiro atoms. The summed E-state index contributed by atoms with van der Waals surface area (Å²) in [5.74, 6) is 0.376. The molecule has 0 saturated heterocycles. The van der Waals surface area contributed by atoms with Crippen molar-refractivity contribution in [3.8, 4) is 0 Å². The van der Waals surface area contributed by atoms with Gasteiger partial charge in [-0.25, -0.2) is 0 Å². The third-order valence-corrected chi connectivity index (χ3v) is 2.12. The number of aliphatic hydroxyl groups excluding tert-OH is 1. The number of aryl methyl sites for hydroxylation is 1. The first-order valence-electron chi connectivity index (χ1n) is 5.06. The van der Waals surface area contributed by atoms with Crippen LogP contribution in [0, 0.1) is 6.92 Å². The lowest BCUT2D eigenvalue weighted by Gasteiger charge is -2.02. The second-order valence-corrected chi connectivity index (χ2v) is 3.34. The van der Waals surface area contributed by atoms with Gasteiger partial charge in [-0.05, 0) is 26.2 Å². The molecule has 0 bridgehead atoms. The Hall–Kier alpha value is -1.36. The monoisotopic (exact) mass is 212 g/mol. The molecule has 0 aliphatic rings. The van der Waals surface area contributed by atoms with Gasteiger partial charge in [0.25, 0.3) is 5.91 Å². The second kappa shape index (κ2) is 6.19. The van der Waals surface area contributed by atoms with Crippen LogP contribution in [0.25, 0.3) is 0 Å². The van der Waals surface area contributed by atoms with Crippen molar-refractivity contribution < 1.29 is 14.4 Å². The van der Waals surface area contributed by atoms with Crippen LogP contribution >= 0.6 is 0 Å². The van der Waals surface area contributed by atoms with E-state index in [0.29, 0.717) is 17.9 Å². The zero-order valence-electron chi connectivity index (χ0n) is 8.82. The second-order valence-electron chi connectivity index (χ2n) is 3.34. The maximum Gasteiger partial charge on any atom is 0.256 e. The highest BCUT2D eigenvalue weighted by Crippen LogP contribution is 2.05. The van der Waals surface area contributed by atoms with Crippen LogP contribution in [-0.2, 0) is 0 Å². The largest absolute Gasteiger partial charge is 0.396 e. The van der Waals surface area contributed by atoms with Gasteiger partial charge in [0.1, 0.15) is 11.3 Å². The summed E-state index contributed by atoms with van der Waals surface area (Å²) in [6.45, 7) is 2.52. The zero-order chi connectivity index (χ0) is 11.1. The lowest BCUT2D eigenvalue weighted by molar-refractivity contribution is 0.0951. The summed E-state index contributed by atoms with van der Waals surface area (Å²) < 4.78 is 4.79. The van der Waals surface area contributed by atoms with Crippen LogP contribution < -0.4 is 5.32 Å². The maximum atomic E-state index is 11.5. The quantitative estimate of drug-likeness (QED) is 0.686. The van der Waals surface area contributed by atoms with Crippen LogP contribution in [0.3, 0.4) is 0 Å². The molecule has 15 heavy (non-hydrogen) atoms. The number of carbonyl (C=O) groups is 1. The van der Waals surface area contributed by atoms with E-state index >= 15 is 0 Å². The molecular formula is C10H16N2O3. The standard InChI is InChI=1S/C10H16N2O3/c1-8-9(7-12-15-8)10(14)11-5-3-2-4-6-13/h7,13H,2-6H2,1H3,(H,11,14). The molecule has 1 aromatic rings. The summed E-state index contributed by atoms with van der Waals surface area (Å²) in [5.41, 5.74) is 0.483. The Kier molecular flexibility index (Phi) is 4.83. The fraction of sp³-hybridized carbons (Fsp3) is 0.600. The summed E-state index contributed by atoms with van der Waals surface area (Å²) in [7, 11) is 0. The lowest BCUT2D eigenvalue weighted by Crippen LogP contribution is -2.24. The molecule has 0 aliphatic carbocycles. The van der Waals surface area contributed by atoms with E-state index < -0.39 is 0 Å². The minimum atomic E-state index is -0.155. The minimum Gasteiger partial charge on any atom is -0.396 e. The summed E-state index contributed by atoms with van der Waals surface area (Å²) in [6, 6.07) is 0. The van der Waals surface area contributed by atoms with Crippen molar-refractivity contribution in [1.29, 1.82) is 0 Å². The summed E-state index contributed by atoms with van der Waals surface area (Å²) in [4.78, 5) is 11.5. The fourth-order valence-corrected chi connectivity index (χ4v) is 1.23. The number of aromatic nitrogens is 1. The first-order chi connectivity index (χ1) is 7.25. The van der Waals surface area contributed by atoms with Gasteiger partial charge < -0.3 is 14.9 Å². The van der Waals surface area contributed by atoms with Crippen LogP contribution in [0.15, 0.2) is 10.7 Å². The van der Waals surface area contributed by atoms with E-state index in [1.807, 2.05) is 0 Å². The zero-order valence-corrected chi connectivity index (χ0v) is 8.82. The lowest BCUT2D eigenvalue weighted by atomic mass is 10.2. The number of nitrogens with zero attached hydrogens (tertiary/aromatic N) is 1. The Morgan fingerprint density at radius 2 is 2.33 bits per heavy atom. The highest BCUT2D eigenvalue weighted by atomic mass is 16.5. The molecule has 2 N–H and O–H groups in total. The molecule has 0 aromatic carbocycles. The highest BCUT2D eigenvalue weighted by molar-refractivity contribution is 5.94. The van der Waals surface area contributed by atoms with Crippen molar-refractivity contribution in [2.24, 2.45) is 0 Å². The maximum absolute atomic E-state index is 11.5. The number of rotatable bonds is 6. The van der Waals surface area contributed by atoms with Gasteiger partial charge in [-0.3, -0.25) is 4.79 Å². The van der Waals surface area contributed by atoms with Crippen molar-refractivity contribution in [1.82, 2.24) is 10.5 Å². The molecule has 1 aromatic heterocycles. The van der Waals surface area contributed by atoms with Gasteiger partial charge in [0.2, 0.25) is 0 Å². The Morgan fingerprint density at radius 1 is 1.53 bits per heavy atom. The van der Waals surface area contributed by atoms with Gasteiger partial charge in [-0.1, -0.05) is 5.16 Å². The van der Waals surface area contributed by atoms with Crippen LogP contribution in [-0.4, -0.2) is 29.3 Å². The van der Waals surface area contributed by atoms with E-state index in [0.717, 1.165) is 19.3 Å². The van der Waals surface area contributed by atoms with E-state index in [-0.39, 0.29) is 12.5 Å². The van der Waals surface area contributed by atoms with Gasteiger partial charge in [-0.2, -0.15) is 0 Å². The van der Waals surface area contributed by atoms with Gasteiger partial charge in [0.05, 0.1) is 6.20 Å². The Bertz CT molecular complexity index is 309. The molecule has 0 radical (unpaired) electrons. The molecular weight excluding hydrogens is 196 g/mol. The Morgan fingerprint density at radius 3 is 2.93 bits per heavy atom. The van der Waals surface area contributed by atoms with Crippen molar-refractivity contribution in [3.05, 3.63) is 17.5 Å². The average Bonchev–Trinajstić information content (AvgIpc) is 2.64. The molecule has 1 amide bonds. The third-order valence-electron chi connectivity index (χ3n) is 2.12. The number of unbranched alkanes of at least 4 members (excludes halogenated alkanes) is 2. The van der Waals surface area contributed by atoms with Crippen LogP contribution in [0.1, 0.15) is 35.4 Å². The molecule has 1 heterocycles.